The normalized spacial score (nSPS) is 22.6. The molecule has 0 bridgehead atoms. The zero-order chi connectivity index (χ0) is 28.0. The second-order valence-electron chi connectivity index (χ2n) is 10.2. The molecule has 40 heavy (non-hydrogen) atoms. The molecule has 1 aliphatic carbocycles. The fraction of sp³-hybridized carbons (Fsp3) is 0.370. The van der Waals surface area contributed by atoms with Crippen LogP contribution in [0.25, 0.3) is 0 Å². The van der Waals surface area contributed by atoms with Crippen LogP contribution in [-0.2, 0) is 14.8 Å². The molecule has 0 N–H and O–H groups in total. The minimum atomic E-state index is -3.79. The van der Waals surface area contributed by atoms with E-state index in [1.165, 1.54) is 46.0 Å². The van der Waals surface area contributed by atoms with Crippen molar-refractivity contribution in [3.05, 3.63) is 80.8 Å². The average Bonchev–Trinajstić information content (AvgIpc) is 3.35. The molecule has 1 saturated carbocycles. The summed E-state index contributed by atoms with van der Waals surface area (Å²) in [4.78, 5) is 27.9. The summed E-state index contributed by atoms with van der Waals surface area (Å²) in [5.41, 5.74) is 0.771. The smallest absolute Gasteiger partial charge is 0.269 e. The third-order valence-electron chi connectivity index (χ3n) is 7.99. The Morgan fingerprint density at radius 3 is 2.40 bits per heavy atom. The predicted octanol–water partition coefficient (Wildman–Crippen LogP) is 3.85. The number of amides is 1. The van der Waals surface area contributed by atoms with Crippen molar-refractivity contribution in [1.29, 1.82) is 0 Å². The van der Waals surface area contributed by atoms with Gasteiger partial charge >= 0.3 is 0 Å². The molecule has 3 aliphatic rings. The number of ether oxygens (including phenoxy) is 1. The summed E-state index contributed by atoms with van der Waals surface area (Å²) in [6.07, 6.45) is 0. The van der Waals surface area contributed by atoms with Gasteiger partial charge in [0, 0.05) is 50.5 Å². The van der Waals surface area contributed by atoms with Gasteiger partial charge in [-0.15, -0.1) is 11.3 Å². The van der Waals surface area contributed by atoms with Crippen molar-refractivity contribution in [2.75, 3.05) is 55.7 Å². The summed E-state index contributed by atoms with van der Waals surface area (Å²) >= 11 is 1.32. The molecule has 3 aromatic rings. The number of nitro groups is 1. The number of sulfonamides is 1. The van der Waals surface area contributed by atoms with Crippen LogP contribution in [0, 0.1) is 33.7 Å². The van der Waals surface area contributed by atoms with Crippen molar-refractivity contribution < 1.29 is 27.3 Å². The summed E-state index contributed by atoms with van der Waals surface area (Å²) in [7, 11) is -3.79. The Morgan fingerprint density at radius 1 is 1.10 bits per heavy atom. The first-order valence-electron chi connectivity index (χ1n) is 13.0. The van der Waals surface area contributed by atoms with Gasteiger partial charge < -0.3 is 14.5 Å². The Kier molecular flexibility index (Phi) is 7.07. The number of morpholine rings is 1. The Hall–Kier alpha value is -3.39. The van der Waals surface area contributed by atoms with Gasteiger partial charge in [-0.05, 0) is 59.5 Å². The molecule has 1 aromatic heterocycles. The van der Waals surface area contributed by atoms with Gasteiger partial charge in [0.15, 0.2) is 0 Å². The highest BCUT2D eigenvalue weighted by Gasteiger charge is 2.58. The van der Waals surface area contributed by atoms with Gasteiger partial charge in [0.25, 0.3) is 11.6 Å². The highest BCUT2D eigenvalue weighted by molar-refractivity contribution is 7.89. The lowest BCUT2D eigenvalue weighted by molar-refractivity contribution is -0.384. The van der Waals surface area contributed by atoms with E-state index in [9.17, 15) is 23.3 Å². The molecule has 2 unspecified atom stereocenters. The first-order valence-corrected chi connectivity index (χ1v) is 15.3. The lowest BCUT2D eigenvalue weighted by atomic mass is 10.2. The van der Waals surface area contributed by atoms with Crippen molar-refractivity contribution >= 4 is 44.3 Å². The van der Waals surface area contributed by atoms with Crippen molar-refractivity contribution in [3.8, 4) is 0 Å². The molecule has 0 radical (unpaired) electrons. The standard InChI is InChI=1S/C27H27FN4O6S2/c28-24-14-19(5-8-25(24)29-9-11-38-12-10-29)31(27(33)26-2-1-13-39-26)17-23-21-15-30(16-22(21)23)40(36,37)20-6-3-18(4-7-20)32(34)35/h1-8,13-14,21-23H,9-12,15-17H2. The third-order valence-corrected chi connectivity index (χ3v) is 10.7. The van der Waals surface area contributed by atoms with Crippen LogP contribution in [0.3, 0.4) is 0 Å². The number of non-ortho nitro benzene ring substituents is 1. The second kappa shape index (κ2) is 10.5. The molecule has 2 saturated heterocycles. The molecule has 10 nitrogen and oxygen atoms in total. The Labute approximate surface area is 234 Å². The third kappa shape index (κ3) is 4.98. The number of fused-ring (bicyclic) bond motifs is 1. The number of carbonyl (C=O) groups is 1. The molecule has 0 spiro atoms. The van der Waals surface area contributed by atoms with E-state index < -0.39 is 20.8 Å². The van der Waals surface area contributed by atoms with Crippen molar-refractivity contribution in [2.24, 2.45) is 17.8 Å². The summed E-state index contributed by atoms with van der Waals surface area (Å²) in [5, 5.41) is 12.7. The minimum absolute atomic E-state index is 0.0151. The van der Waals surface area contributed by atoms with Crippen LogP contribution in [0.2, 0.25) is 0 Å². The quantitative estimate of drug-likeness (QED) is 0.291. The summed E-state index contributed by atoms with van der Waals surface area (Å²) in [5.74, 6) is -0.393. The van der Waals surface area contributed by atoms with Crippen LogP contribution in [0.5, 0.6) is 0 Å². The van der Waals surface area contributed by atoms with E-state index in [4.69, 9.17) is 4.74 Å². The summed E-state index contributed by atoms with van der Waals surface area (Å²) in [6, 6.07) is 13.3. The highest BCUT2D eigenvalue weighted by Crippen LogP contribution is 2.53. The molecule has 2 aliphatic heterocycles. The molecule has 2 aromatic carbocycles. The van der Waals surface area contributed by atoms with E-state index in [2.05, 4.69) is 0 Å². The molecular formula is C27H27FN4O6S2. The van der Waals surface area contributed by atoms with Gasteiger partial charge in [-0.2, -0.15) is 4.31 Å². The second-order valence-corrected chi connectivity index (χ2v) is 13.1. The van der Waals surface area contributed by atoms with Crippen LogP contribution in [-0.4, -0.2) is 69.5 Å². The minimum Gasteiger partial charge on any atom is -0.378 e. The summed E-state index contributed by atoms with van der Waals surface area (Å²) in [6.45, 7) is 3.22. The maximum Gasteiger partial charge on any atom is 0.269 e. The first-order chi connectivity index (χ1) is 19.2. The monoisotopic (exact) mass is 586 g/mol. The first kappa shape index (κ1) is 26.8. The van der Waals surface area contributed by atoms with E-state index in [0.29, 0.717) is 62.2 Å². The van der Waals surface area contributed by atoms with Crippen LogP contribution in [0.15, 0.2) is 64.9 Å². The van der Waals surface area contributed by atoms with E-state index in [1.807, 2.05) is 10.3 Å². The number of nitrogens with zero attached hydrogens (tertiary/aromatic N) is 4. The number of rotatable bonds is 8. The maximum atomic E-state index is 15.3. The summed E-state index contributed by atoms with van der Waals surface area (Å²) < 4.78 is 48.3. The highest BCUT2D eigenvalue weighted by atomic mass is 32.2. The number of benzene rings is 2. The number of hydrogen-bond acceptors (Lipinski definition) is 8. The number of hydrogen-bond donors (Lipinski definition) is 0. The van der Waals surface area contributed by atoms with E-state index in [1.54, 1.807) is 29.2 Å². The van der Waals surface area contributed by atoms with Gasteiger partial charge in [0.1, 0.15) is 5.82 Å². The fourth-order valence-electron chi connectivity index (χ4n) is 5.74. The molecule has 3 fully saturated rings. The zero-order valence-electron chi connectivity index (χ0n) is 21.4. The van der Waals surface area contributed by atoms with E-state index in [0.717, 1.165) is 0 Å². The number of nitro benzene ring substituents is 1. The van der Waals surface area contributed by atoms with Gasteiger partial charge in [0.2, 0.25) is 10.0 Å². The molecule has 2 atom stereocenters. The molecule has 3 heterocycles. The molecule has 6 rings (SSSR count). The number of carbonyl (C=O) groups excluding carboxylic acids is 1. The molecular weight excluding hydrogens is 559 g/mol. The lowest BCUT2D eigenvalue weighted by Gasteiger charge is -2.30. The van der Waals surface area contributed by atoms with E-state index in [-0.39, 0.29) is 34.2 Å². The fourth-order valence-corrected chi connectivity index (χ4v) is 7.93. The van der Waals surface area contributed by atoms with Crippen LogP contribution < -0.4 is 9.80 Å². The van der Waals surface area contributed by atoms with Gasteiger partial charge in [-0.25, -0.2) is 12.8 Å². The largest absolute Gasteiger partial charge is 0.378 e. The average molecular weight is 587 g/mol. The number of thiophene rings is 1. The molecule has 1 amide bonds. The van der Waals surface area contributed by atoms with Crippen molar-refractivity contribution in [2.45, 2.75) is 4.90 Å². The van der Waals surface area contributed by atoms with E-state index >= 15 is 4.39 Å². The zero-order valence-corrected chi connectivity index (χ0v) is 23.0. The van der Waals surface area contributed by atoms with Crippen LogP contribution in [0.1, 0.15) is 9.67 Å². The number of anilines is 2. The Morgan fingerprint density at radius 2 is 1.80 bits per heavy atom. The predicted molar refractivity (Wildman–Crippen MR) is 148 cm³/mol. The lowest BCUT2D eigenvalue weighted by Crippen LogP contribution is -2.37. The van der Waals surface area contributed by atoms with Gasteiger partial charge in [-0.3, -0.25) is 14.9 Å². The molecule has 13 heteroatoms. The number of piperidine rings is 1. The van der Waals surface area contributed by atoms with Crippen molar-refractivity contribution in [3.63, 3.8) is 0 Å². The van der Waals surface area contributed by atoms with Gasteiger partial charge in [0.05, 0.1) is 33.6 Å². The van der Waals surface area contributed by atoms with Gasteiger partial charge in [-0.1, -0.05) is 6.07 Å². The van der Waals surface area contributed by atoms with Crippen molar-refractivity contribution in [1.82, 2.24) is 4.31 Å². The molecule has 210 valence electrons. The SMILES string of the molecule is O=C(c1cccs1)N(CC1C2CN(S(=O)(=O)c3ccc([N+](=O)[O-])cc3)CC12)c1ccc(N2CCOCC2)c(F)c1. The topological polar surface area (TPSA) is 113 Å². The Balaban J connectivity index is 1.18. The Bertz CT molecular complexity index is 1510. The van der Waals surface area contributed by atoms with Crippen LogP contribution in [0.4, 0.5) is 21.5 Å². The van der Waals surface area contributed by atoms with Crippen LogP contribution >= 0.6 is 11.3 Å². The maximum absolute atomic E-state index is 15.3. The number of halogens is 1.